The second kappa shape index (κ2) is 16.4. The van der Waals surface area contributed by atoms with Gasteiger partial charge < -0.3 is 9.64 Å². The van der Waals surface area contributed by atoms with E-state index in [4.69, 9.17) is 4.74 Å². The van der Waals surface area contributed by atoms with Gasteiger partial charge in [-0.05, 0) is 97.7 Å². The van der Waals surface area contributed by atoms with Crippen molar-refractivity contribution in [3.8, 4) is 5.75 Å². The number of carbonyl (C=O) groups excluding carboxylic acids is 2. The molecule has 3 amide bonds. The third-order valence-electron chi connectivity index (χ3n) is 10.5. The van der Waals surface area contributed by atoms with Gasteiger partial charge in [0.2, 0.25) is 15.9 Å². The first-order valence-corrected chi connectivity index (χ1v) is 19.7. The maximum Gasteiger partial charge on any atom is 0.327 e. The molecule has 51 heavy (non-hydrogen) atoms. The van der Waals surface area contributed by atoms with Crippen molar-refractivity contribution < 1.29 is 22.7 Å². The summed E-state index contributed by atoms with van der Waals surface area (Å²) in [4.78, 5) is 34.0. The number of rotatable bonds is 11. The number of ether oxygens (including phenoxy) is 1. The summed E-state index contributed by atoms with van der Waals surface area (Å²) in [6.45, 7) is 6.74. The van der Waals surface area contributed by atoms with Crippen LogP contribution in [0.5, 0.6) is 5.75 Å². The molecule has 1 unspecified atom stereocenters. The number of fused-ring (bicyclic) bond motifs is 1. The molecule has 3 atom stereocenters. The average molecular weight is 711 g/mol. The van der Waals surface area contributed by atoms with Crippen molar-refractivity contribution >= 4 is 32.7 Å². The van der Waals surface area contributed by atoms with E-state index in [1.807, 2.05) is 42.5 Å². The van der Waals surface area contributed by atoms with E-state index < -0.39 is 22.0 Å². The molecule has 2 aliphatic heterocycles. The van der Waals surface area contributed by atoms with E-state index in [9.17, 15) is 18.0 Å². The maximum atomic E-state index is 14.3. The quantitative estimate of drug-likeness (QED) is 0.172. The molecular formula is C41H50N4O5S. The lowest BCUT2D eigenvalue weighted by atomic mass is 9.96. The molecule has 270 valence electrons. The van der Waals surface area contributed by atoms with Crippen LogP contribution in [0.2, 0.25) is 0 Å². The van der Waals surface area contributed by atoms with Crippen LogP contribution >= 0.6 is 0 Å². The first-order chi connectivity index (χ1) is 24.6. The lowest BCUT2D eigenvalue weighted by Crippen LogP contribution is -2.48. The summed E-state index contributed by atoms with van der Waals surface area (Å²) in [6, 6.07) is 27.5. The fraction of sp³-hybridized carbons (Fsp3) is 0.415. The Balaban J connectivity index is 1.24. The van der Waals surface area contributed by atoms with Crippen molar-refractivity contribution in [3.05, 3.63) is 108 Å². The van der Waals surface area contributed by atoms with E-state index in [0.717, 1.165) is 42.1 Å². The van der Waals surface area contributed by atoms with Crippen LogP contribution in [-0.2, 0) is 27.9 Å². The van der Waals surface area contributed by atoms with Crippen molar-refractivity contribution in [2.45, 2.75) is 94.9 Å². The van der Waals surface area contributed by atoms with Gasteiger partial charge in [-0.2, -0.15) is 0 Å². The molecule has 4 aromatic rings. The Bertz CT molecular complexity index is 1900. The normalized spacial score (nSPS) is 19.1. The molecule has 0 aromatic heterocycles. The zero-order valence-electron chi connectivity index (χ0n) is 30.0. The predicted molar refractivity (Wildman–Crippen MR) is 201 cm³/mol. The Hall–Kier alpha value is -4.25. The number of nitrogens with one attached hydrogen (secondary N) is 1. The molecule has 6 rings (SSSR count). The maximum absolute atomic E-state index is 14.3. The highest BCUT2D eigenvalue weighted by molar-refractivity contribution is 7.89. The lowest BCUT2D eigenvalue weighted by Gasteiger charge is -2.39. The van der Waals surface area contributed by atoms with Crippen LogP contribution in [-0.4, -0.2) is 67.3 Å². The van der Waals surface area contributed by atoms with E-state index >= 15 is 0 Å². The van der Waals surface area contributed by atoms with Crippen LogP contribution in [0.1, 0.15) is 81.5 Å². The van der Waals surface area contributed by atoms with Gasteiger partial charge in [-0.1, -0.05) is 73.2 Å². The molecule has 0 radical (unpaired) electrons. The number of methoxy groups -OCH3 is 1. The van der Waals surface area contributed by atoms with Crippen molar-refractivity contribution in [2.75, 3.05) is 20.2 Å². The Labute approximate surface area is 302 Å². The SMILES string of the molecule is COc1ccc2cc(S(=O)(=O)NC(CC(=O)N(Cc3ccc(CN4[C@H](C)CCC[C@@H]4C)cc3)C(=O)N3CCCCC3)c3ccccc3)ccc2c1. The number of sulfonamides is 1. The highest BCUT2D eigenvalue weighted by Gasteiger charge is 2.32. The monoisotopic (exact) mass is 710 g/mol. The van der Waals surface area contributed by atoms with Crippen molar-refractivity contribution in [3.63, 3.8) is 0 Å². The number of carbonyl (C=O) groups is 2. The van der Waals surface area contributed by atoms with Crippen molar-refractivity contribution in [1.29, 1.82) is 0 Å². The standard InChI is InChI=1S/C41H50N4O5S/c1-30-11-10-12-31(2)44(30)28-32-15-17-33(18-16-32)29-45(41(47)43-23-8-5-9-24-43)40(46)27-39(34-13-6-4-7-14-34)42-51(48,49)38-22-20-35-25-37(50-3)21-19-36(35)26-38/h4,6-7,13-22,25-26,30-31,39,42H,5,8-12,23-24,27-29H2,1-3H3/t30-,31+,39?. The molecule has 2 heterocycles. The number of likely N-dealkylation sites (tertiary alicyclic amines) is 2. The van der Waals surface area contributed by atoms with Gasteiger partial charge in [0.05, 0.1) is 24.6 Å². The van der Waals surface area contributed by atoms with Gasteiger partial charge in [-0.15, -0.1) is 0 Å². The fourth-order valence-electron chi connectivity index (χ4n) is 7.40. The number of hydrogen-bond acceptors (Lipinski definition) is 6. The topological polar surface area (TPSA) is 99.3 Å². The molecular weight excluding hydrogens is 661 g/mol. The number of piperidine rings is 2. The Morgan fingerprint density at radius 3 is 2.16 bits per heavy atom. The highest BCUT2D eigenvalue weighted by atomic mass is 32.2. The fourth-order valence-corrected chi connectivity index (χ4v) is 8.66. The molecule has 0 bridgehead atoms. The second-order valence-corrected chi connectivity index (χ2v) is 15.8. The van der Waals surface area contributed by atoms with Gasteiger partial charge in [-0.3, -0.25) is 14.6 Å². The lowest BCUT2D eigenvalue weighted by molar-refractivity contribution is -0.129. The zero-order valence-corrected chi connectivity index (χ0v) is 30.8. The molecule has 2 saturated heterocycles. The van der Waals surface area contributed by atoms with Crippen LogP contribution in [0, 0.1) is 0 Å². The predicted octanol–water partition coefficient (Wildman–Crippen LogP) is 7.66. The number of urea groups is 1. The summed E-state index contributed by atoms with van der Waals surface area (Å²) in [6.07, 6.45) is 6.27. The molecule has 1 N–H and O–H groups in total. The number of amides is 3. The molecule has 2 fully saturated rings. The van der Waals surface area contributed by atoms with Crippen LogP contribution < -0.4 is 9.46 Å². The van der Waals surface area contributed by atoms with Crippen LogP contribution in [0.3, 0.4) is 0 Å². The largest absolute Gasteiger partial charge is 0.497 e. The van der Waals surface area contributed by atoms with Gasteiger partial charge in [0, 0.05) is 38.1 Å². The molecule has 2 aliphatic rings. The van der Waals surface area contributed by atoms with Gasteiger partial charge in [-0.25, -0.2) is 17.9 Å². The average Bonchev–Trinajstić information content (AvgIpc) is 3.15. The molecule has 9 nitrogen and oxygen atoms in total. The first-order valence-electron chi connectivity index (χ1n) is 18.2. The Kier molecular flexibility index (Phi) is 11.7. The summed E-state index contributed by atoms with van der Waals surface area (Å²) in [5, 5.41) is 1.59. The summed E-state index contributed by atoms with van der Waals surface area (Å²) in [5.41, 5.74) is 2.68. The van der Waals surface area contributed by atoms with E-state index in [1.54, 1.807) is 48.4 Å². The van der Waals surface area contributed by atoms with E-state index in [-0.39, 0.29) is 23.9 Å². The summed E-state index contributed by atoms with van der Waals surface area (Å²) in [5.74, 6) is 0.243. The van der Waals surface area contributed by atoms with Crippen molar-refractivity contribution in [1.82, 2.24) is 19.4 Å². The number of benzene rings is 4. The van der Waals surface area contributed by atoms with Crippen LogP contribution in [0.15, 0.2) is 95.9 Å². The Morgan fingerprint density at radius 2 is 1.47 bits per heavy atom. The Morgan fingerprint density at radius 1 is 0.824 bits per heavy atom. The number of imide groups is 1. The van der Waals surface area contributed by atoms with E-state index in [2.05, 4.69) is 35.6 Å². The summed E-state index contributed by atoms with van der Waals surface area (Å²) >= 11 is 0. The van der Waals surface area contributed by atoms with Crippen molar-refractivity contribution in [2.24, 2.45) is 0 Å². The molecule has 0 saturated carbocycles. The zero-order chi connectivity index (χ0) is 36.0. The van der Waals surface area contributed by atoms with E-state index in [1.165, 1.54) is 29.7 Å². The van der Waals surface area contributed by atoms with Crippen LogP contribution in [0.4, 0.5) is 4.79 Å². The van der Waals surface area contributed by atoms with Gasteiger partial charge in [0.1, 0.15) is 5.75 Å². The smallest absolute Gasteiger partial charge is 0.327 e. The first kappa shape index (κ1) is 36.5. The minimum absolute atomic E-state index is 0.0863. The number of hydrogen-bond donors (Lipinski definition) is 1. The molecule has 0 spiro atoms. The van der Waals surface area contributed by atoms with Gasteiger partial charge >= 0.3 is 6.03 Å². The highest BCUT2D eigenvalue weighted by Crippen LogP contribution is 2.28. The minimum atomic E-state index is -4.06. The molecule has 10 heteroatoms. The van der Waals surface area contributed by atoms with Gasteiger partial charge in [0.25, 0.3) is 0 Å². The second-order valence-electron chi connectivity index (χ2n) is 14.1. The van der Waals surface area contributed by atoms with Crippen LogP contribution in [0.25, 0.3) is 10.8 Å². The van der Waals surface area contributed by atoms with Gasteiger partial charge in [0.15, 0.2) is 0 Å². The summed E-state index contributed by atoms with van der Waals surface area (Å²) in [7, 11) is -2.48. The molecule has 4 aromatic carbocycles. The minimum Gasteiger partial charge on any atom is -0.497 e. The van der Waals surface area contributed by atoms with E-state index in [0.29, 0.717) is 36.5 Å². The molecule has 0 aliphatic carbocycles. The summed E-state index contributed by atoms with van der Waals surface area (Å²) < 4.78 is 35.9. The third-order valence-corrected chi connectivity index (χ3v) is 11.9. The number of nitrogens with zero attached hydrogens (tertiary/aromatic N) is 3. The third kappa shape index (κ3) is 8.98.